The second-order valence-electron chi connectivity index (χ2n) is 3.37. The normalized spacial score (nSPS) is 22.5. The van der Waals surface area contributed by atoms with Gasteiger partial charge >= 0.3 is 5.97 Å². The summed E-state index contributed by atoms with van der Waals surface area (Å²) in [5.41, 5.74) is 1.00. The largest absolute Gasteiger partial charge is 0.469 e. The highest BCUT2D eigenvalue weighted by Gasteiger charge is 2.21. The van der Waals surface area contributed by atoms with E-state index in [1.54, 1.807) is 6.08 Å². The predicted molar refractivity (Wildman–Crippen MR) is 48.1 cm³/mol. The summed E-state index contributed by atoms with van der Waals surface area (Å²) in [5.74, 6) is 0.163. The molecule has 1 atom stereocenters. The molecule has 13 heavy (non-hydrogen) atoms. The van der Waals surface area contributed by atoms with Crippen molar-refractivity contribution in [2.45, 2.75) is 26.2 Å². The van der Waals surface area contributed by atoms with Gasteiger partial charge in [-0.3, -0.25) is 9.59 Å². The number of hydrogen-bond donors (Lipinski definition) is 0. The van der Waals surface area contributed by atoms with Crippen molar-refractivity contribution in [3.63, 3.8) is 0 Å². The number of ether oxygens (including phenoxy) is 1. The van der Waals surface area contributed by atoms with Crippen LogP contribution in [0.1, 0.15) is 26.2 Å². The lowest BCUT2D eigenvalue weighted by Crippen LogP contribution is -2.16. The Bertz CT molecular complexity index is 253. The fourth-order valence-corrected chi connectivity index (χ4v) is 1.54. The monoisotopic (exact) mass is 182 g/mol. The van der Waals surface area contributed by atoms with Crippen molar-refractivity contribution in [2.75, 3.05) is 7.11 Å². The molecule has 72 valence electrons. The summed E-state index contributed by atoms with van der Waals surface area (Å²) < 4.78 is 4.58. The van der Waals surface area contributed by atoms with E-state index in [-0.39, 0.29) is 17.7 Å². The number of carbonyl (C=O) groups is 2. The van der Waals surface area contributed by atoms with Crippen molar-refractivity contribution >= 4 is 11.8 Å². The molecule has 0 fully saturated rings. The number of hydrogen-bond acceptors (Lipinski definition) is 3. The van der Waals surface area contributed by atoms with Crippen molar-refractivity contribution in [3.8, 4) is 0 Å². The van der Waals surface area contributed by atoms with Gasteiger partial charge in [-0.1, -0.05) is 5.57 Å². The Hall–Kier alpha value is -1.12. The first kappa shape index (κ1) is 9.96. The van der Waals surface area contributed by atoms with Crippen molar-refractivity contribution in [3.05, 3.63) is 11.6 Å². The van der Waals surface area contributed by atoms with E-state index in [1.165, 1.54) is 7.11 Å². The number of ketones is 1. The van der Waals surface area contributed by atoms with Crippen LogP contribution in [0, 0.1) is 5.92 Å². The molecule has 1 aliphatic rings. The Morgan fingerprint density at radius 3 is 2.92 bits per heavy atom. The molecule has 3 heteroatoms. The summed E-state index contributed by atoms with van der Waals surface area (Å²) in [6.45, 7) is 1.89. The van der Waals surface area contributed by atoms with Crippen LogP contribution in [-0.2, 0) is 14.3 Å². The molecule has 3 nitrogen and oxygen atoms in total. The Labute approximate surface area is 77.8 Å². The zero-order valence-corrected chi connectivity index (χ0v) is 8.00. The minimum Gasteiger partial charge on any atom is -0.469 e. The van der Waals surface area contributed by atoms with E-state index in [0.29, 0.717) is 12.8 Å². The van der Waals surface area contributed by atoms with Gasteiger partial charge in [0.15, 0.2) is 5.78 Å². The van der Waals surface area contributed by atoms with Gasteiger partial charge in [0.1, 0.15) is 0 Å². The van der Waals surface area contributed by atoms with Gasteiger partial charge in [-0.2, -0.15) is 0 Å². The van der Waals surface area contributed by atoms with Gasteiger partial charge in [0, 0.05) is 6.42 Å². The Balaban J connectivity index is 2.57. The number of allylic oxidation sites excluding steroid dienone is 2. The summed E-state index contributed by atoms with van der Waals surface area (Å²) in [7, 11) is 1.38. The van der Waals surface area contributed by atoms with E-state index in [1.807, 2.05) is 6.92 Å². The molecule has 0 saturated heterocycles. The molecule has 0 radical (unpaired) electrons. The topological polar surface area (TPSA) is 43.4 Å². The zero-order chi connectivity index (χ0) is 9.84. The highest BCUT2D eigenvalue weighted by atomic mass is 16.5. The summed E-state index contributed by atoms with van der Waals surface area (Å²) in [6.07, 6.45) is 3.36. The predicted octanol–water partition coefficient (Wildman–Crippen LogP) is 1.47. The smallest absolute Gasteiger partial charge is 0.306 e. The van der Waals surface area contributed by atoms with Crippen LogP contribution >= 0.6 is 0 Å². The summed E-state index contributed by atoms with van der Waals surface area (Å²) in [6, 6.07) is 0. The standard InChI is InChI=1S/C10H14O3/c1-7-5-9(11)4-3-8(7)6-10(12)13-2/h5,8H,3-4,6H2,1-2H3. The molecular formula is C10H14O3. The molecule has 0 amide bonds. The SMILES string of the molecule is COC(=O)CC1CCC(=O)C=C1C. The highest BCUT2D eigenvalue weighted by Crippen LogP contribution is 2.25. The first-order chi connectivity index (χ1) is 6.13. The van der Waals surface area contributed by atoms with Crippen molar-refractivity contribution in [1.29, 1.82) is 0 Å². The summed E-state index contributed by atoms with van der Waals surface area (Å²) in [5, 5.41) is 0. The third kappa shape index (κ3) is 2.68. The van der Waals surface area contributed by atoms with Crippen molar-refractivity contribution in [2.24, 2.45) is 5.92 Å². The first-order valence-corrected chi connectivity index (χ1v) is 4.41. The minimum absolute atomic E-state index is 0.165. The van der Waals surface area contributed by atoms with E-state index in [2.05, 4.69) is 4.74 Å². The zero-order valence-electron chi connectivity index (χ0n) is 8.00. The van der Waals surface area contributed by atoms with Gasteiger partial charge < -0.3 is 4.74 Å². The Morgan fingerprint density at radius 2 is 2.38 bits per heavy atom. The molecule has 1 rings (SSSR count). The van der Waals surface area contributed by atoms with Crippen molar-refractivity contribution in [1.82, 2.24) is 0 Å². The molecule has 0 aromatic carbocycles. The van der Waals surface area contributed by atoms with E-state index < -0.39 is 0 Å². The van der Waals surface area contributed by atoms with Crippen LogP contribution in [0.15, 0.2) is 11.6 Å². The lowest BCUT2D eigenvalue weighted by atomic mass is 9.86. The summed E-state index contributed by atoms with van der Waals surface area (Å²) in [4.78, 5) is 22.0. The number of methoxy groups -OCH3 is 1. The van der Waals surface area contributed by atoms with Gasteiger partial charge in [-0.15, -0.1) is 0 Å². The molecule has 0 aromatic rings. The van der Waals surface area contributed by atoms with Crippen LogP contribution in [-0.4, -0.2) is 18.9 Å². The van der Waals surface area contributed by atoms with Gasteiger partial charge in [0.25, 0.3) is 0 Å². The molecule has 1 unspecified atom stereocenters. The molecule has 0 aliphatic heterocycles. The van der Waals surface area contributed by atoms with Gasteiger partial charge in [0.2, 0.25) is 0 Å². The van der Waals surface area contributed by atoms with Crippen LogP contribution in [0.2, 0.25) is 0 Å². The van der Waals surface area contributed by atoms with Gasteiger partial charge in [-0.05, 0) is 25.3 Å². The molecule has 0 saturated carbocycles. The van der Waals surface area contributed by atoms with E-state index in [4.69, 9.17) is 0 Å². The maximum atomic E-state index is 11.0. The van der Waals surface area contributed by atoms with E-state index in [0.717, 1.165) is 12.0 Å². The molecule has 0 spiro atoms. The lowest BCUT2D eigenvalue weighted by Gasteiger charge is -2.19. The molecule has 0 heterocycles. The third-order valence-corrected chi connectivity index (χ3v) is 2.41. The average Bonchev–Trinajstić information content (AvgIpc) is 2.09. The second-order valence-corrected chi connectivity index (χ2v) is 3.37. The minimum atomic E-state index is -0.202. The molecule has 0 bridgehead atoms. The maximum absolute atomic E-state index is 11.0. The van der Waals surface area contributed by atoms with Crippen molar-refractivity contribution < 1.29 is 14.3 Å². The van der Waals surface area contributed by atoms with Gasteiger partial charge in [0.05, 0.1) is 13.5 Å². The number of carbonyl (C=O) groups excluding carboxylic acids is 2. The maximum Gasteiger partial charge on any atom is 0.306 e. The van der Waals surface area contributed by atoms with Crippen LogP contribution in [0.3, 0.4) is 0 Å². The Morgan fingerprint density at radius 1 is 1.69 bits per heavy atom. The Kier molecular flexibility index (Phi) is 3.23. The second kappa shape index (κ2) is 4.21. The molecule has 0 aromatic heterocycles. The fraction of sp³-hybridized carbons (Fsp3) is 0.600. The van der Waals surface area contributed by atoms with Crippen LogP contribution in [0.5, 0.6) is 0 Å². The van der Waals surface area contributed by atoms with E-state index in [9.17, 15) is 9.59 Å². The third-order valence-electron chi connectivity index (χ3n) is 2.41. The van der Waals surface area contributed by atoms with Gasteiger partial charge in [-0.25, -0.2) is 0 Å². The van der Waals surface area contributed by atoms with Crippen LogP contribution < -0.4 is 0 Å². The molecule has 1 aliphatic carbocycles. The number of rotatable bonds is 2. The highest BCUT2D eigenvalue weighted by molar-refractivity contribution is 5.91. The van der Waals surface area contributed by atoms with Crippen LogP contribution in [0.25, 0.3) is 0 Å². The average molecular weight is 182 g/mol. The molecular weight excluding hydrogens is 168 g/mol. The lowest BCUT2D eigenvalue weighted by molar-refractivity contribution is -0.141. The first-order valence-electron chi connectivity index (χ1n) is 4.41. The quantitative estimate of drug-likeness (QED) is 0.607. The van der Waals surface area contributed by atoms with E-state index >= 15 is 0 Å². The summed E-state index contributed by atoms with van der Waals surface area (Å²) >= 11 is 0. The fourth-order valence-electron chi connectivity index (χ4n) is 1.54. The number of esters is 1. The molecule has 0 N–H and O–H groups in total. The van der Waals surface area contributed by atoms with Crippen LogP contribution in [0.4, 0.5) is 0 Å².